The first-order chi connectivity index (χ1) is 24.2. The zero-order valence-electron chi connectivity index (χ0n) is 29.6. The minimum Gasteiger partial charge on any atom is -0.550 e. The lowest BCUT2D eigenvalue weighted by atomic mass is 9.94. The summed E-state index contributed by atoms with van der Waals surface area (Å²) >= 11 is 3.51. The third kappa shape index (κ3) is 9.60. The van der Waals surface area contributed by atoms with Crippen molar-refractivity contribution in [3.8, 4) is 11.5 Å². The van der Waals surface area contributed by atoms with E-state index in [0.717, 1.165) is 85.7 Å². The molecule has 266 valence electrons. The minimum absolute atomic E-state index is 0.103. The van der Waals surface area contributed by atoms with E-state index in [-0.39, 0.29) is 12.8 Å². The predicted molar refractivity (Wildman–Crippen MR) is 201 cm³/mol. The molecule has 0 bridgehead atoms. The number of thioether (sulfide) groups is 1. The molecule has 1 aromatic heterocycles. The van der Waals surface area contributed by atoms with Crippen LogP contribution in [0.5, 0.6) is 11.5 Å². The van der Waals surface area contributed by atoms with E-state index in [9.17, 15) is 14.7 Å². The number of hydrogen-bond acceptors (Lipinski definition) is 8. The zero-order valence-corrected chi connectivity index (χ0v) is 31.2. The number of aryl methyl sites for hydroxylation is 3. The molecule has 3 aromatic rings. The Bertz CT molecular complexity index is 1840. The predicted octanol–water partition coefficient (Wildman–Crippen LogP) is 8.28. The smallest absolute Gasteiger partial charge is 0.303 e. The number of benzene rings is 2. The average molecular weight is 717 g/mol. The summed E-state index contributed by atoms with van der Waals surface area (Å²) < 4.78 is 14.8. The number of carboxylic acid groups (broad SMARTS) is 2. The maximum Gasteiger partial charge on any atom is 0.303 e. The van der Waals surface area contributed by atoms with E-state index in [1.165, 1.54) is 37.0 Å². The van der Waals surface area contributed by atoms with Crippen LogP contribution < -0.4 is 24.0 Å². The number of unbranched alkanes of at least 4 members (excludes halogenated alkanes) is 4. The van der Waals surface area contributed by atoms with Crippen molar-refractivity contribution in [1.82, 2.24) is 0 Å². The molecule has 0 saturated carbocycles. The van der Waals surface area contributed by atoms with Gasteiger partial charge in [0, 0.05) is 48.5 Å². The van der Waals surface area contributed by atoms with Gasteiger partial charge in [-0.25, -0.2) is 0 Å². The fourth-order valence-corrected chi connectivity index (χ4v) is 8.76. The molecule has 10 heteroatoms. The van der Waals surface area contributed by atoms with Gasteiger partial charge < -0.3 is 29.4 Å². The van der Waals surface area contributed by atoms with Crippen LogP contribution in [0, 0.1) is 13.8 Å². The van der Waals surface area contributed by atoms with Gasteiger partial charge in [-0.05, 0) is 106 Å². The molecule has 2 aliphatic rings. The summed E-state index contributed by atoms with van der Waals surface area (Å²) in [6.07, 6.45) is 19.6. The quantitative estimate of drug-likeness (QED) is 0.110. The lowest BCUT2D eigenvalue weighted by Crippen LogP contribution is -2.35. The molecule has 5 rings (SSSR count). The molecule has 0 atom stereocenters. The number of carbonyl (C=O) groups excluding carboxylic acids is 1. The summed E-state index contributed by atoms with van der Waals surface area (Å²) in [5.74, 6) is 0.0387. The zero-order chi connectivity index (χ0) is 35.6. The van der Waals surface area contributed by atoms with Crippen molar-refractivity contribution in [2.24, 2.45) is 0 Å². The molecule has 2 aromatic carbocycles. The molecule has 50 heavy (non-hydrogen) atoms. The van der Waals surface area contributed by atoms with E-state index in [0.29, 0.717) is 12.8 Å². The van der Waals surface area contributed by atoms with Crippen LogP contribution >= 0.6 is 23.1 Å². The number of carboxylic acids is 2. The monoisotopic (exact) mass is 716 g/mol. The number of nitrogens with zero attached hydrogens (tertiary/aromatic N) is 2. The minimum atomic E-state index is -0.986. The first-order valence-electron chi connectivity index (χ1n) is 17.5. The normalized spacial score (nSPS) is 16.1. The Hall–Kier alpha value is -4.02. The Morgan fingerprint density at radius 1 is 0.920 bits per heavy atom. The van der Waals surface area contributed by atoms with E-state index < -0.39 is 11.9 Å². The highest BCUT2D eigenvalue weighted by atomic mass is 32.2. The van der Waals surface area contributed by atoms with Crippen molar-refractivity contribution < 1.29 is 33.8 Å². The molecule has 1 aliphatic carbocycles. The molecule has 1 N–H and O–H groups in total. The molecule has 0 fully saturated rings. The van der Waals surface area contributed by atoms with Crippen molar-refractivity contribution in [1.29, 1.82) is 0 Å². The summed E-state index contributed by atoms with van der Waals surface area (Å²) in [5.41, 5.74) is 7.14. The van der Waals surface area contributed by atoms with Crippen molar-refractivity contribution in [2.45, 2.75) is 95.9 Å². The Kier molecular flexibility index (Phi) is 13.2. The molecule has 0 saturated heterocycles. The van der Waals surface area contributed by atoms with Gasteiger partial charge in [-0.15, -0.1) is 0 Å². The van der Waals surface area contributed by atoms with Crippen LogP contribution in [-0.4, -0.2) is 37.8 Å². The maximum atomic E-state index is 11.0. The standard InChI is InChI=1S/C40H48N2O6S2/c1-27-22-31-35(25-33(27)47-3)49-37(41(31)20-9-5-7-14-39(43)44)18-16-29-12-11-13-30(24-29)17-19-38-42(21-10-6-8-15-40(45)46)32-23-28(2)34(48-4)26-36(32)50-38/h16-19,22-26H,5-15,20-21H2,1-4H3,(H-,43,44,45,46). The first kappa shape index (κ1) is 37.2. The van der Waals surface area contributed by atoms with Crippen LogP contribution in [0.3, 0.4) is 0 Å². The van der Waals surface area contributed by atoms with Crippen molar-refractivity contribution in [3.63, 3.8) is 0 Å². The van der Waals surface area contributed by atoms with E-state index >= 15 is 0 Å². The average Bonchev–Trinajstić information content (AvgIpc) is 3.60. The van der Waals surface area contributed by atoms with Crippen LogP contribution in [0.25, 0.3) is 16.3 Å². The summed E-state index contributed by atoms with van der Waals surface area (Å²) in [6, 6.07) is 8.62. The number of hydrogen-bond donors (Lipinski definition) is 1. The Balaban J connectivity index is 1.36. The lowest BCUT2D eigenvalue weighted by Gasteiger charge is -2.21. The third-order valence-corrected chi connectivity index (χ3v) is 11.4. The molecule has 0 radical (unpaired) electrons. The molecular formula is C40H48N2O6S2. The van der Waals surface area contributed by atoms with Crippen LogP contribution in [0.1, 0.15) is 86.8 Å². The topological polar surface area (TPSA) is 103 Å². The third-order valence-electron chi connectivity index (χ3n) is 9.21. The number of aromatic nitrogens is 1. The van der Waals surface area contributed by atoms with E-state index in [1.807, 2.05) is 0 Å². The summed E-state index contributed by atoms with van der Waals surface area (Å²) in [5, 5.41) is 22.3. The number of thiazole rings is 1. The Morgan fingerprint density at radius 2 is 1.66 bits per heavy atom. The van der Waals surface area contributed by atoms with Gasteiger partial charge >= 0.3 is 5.97 Å². The summed E-state index contributed by atoms with van der Waals surface area (Å²) in [6.45, 7) is 5.78. The summed E-state index contributed by atoms with van der Waals surface area (Å²) in [7, 11) is 3.41. The number of carbonyl (C=O) groups is 2. The SMILES string of the molecule is COc1cc2c(cc1C)N(CCCCCC(=O)[O-])/C(=C/C=C1C=C(/C=C/c3sc4cc(OC)c(C)cc4[n+]3CCCCCC(=O)O)CCC/1)S2. The van der Waals surface area contributed by atoms with Gasteiger partial charge in [-0.2, -0.15) is 4.57 Å². The maximum absolute atomic E-state index is 11.0. The van der Waals surface area contributed by atoms with E-state index in [1.54, 1.807) is 37.3 Å². The molecule has 1 aliphatic heterocycles. The summed E-state index contributed by atoms with van der Waals surface area (Å²) in [4.78, 5) is 25.4. The van der Waals surface area contributed by atoms with Crippen molar-refractivity contribution in [3.05, 3.63) is 80.9 Å². The second-order valence-corrected chi connectivity index (χ2v) is 15.1. The largest absolute Gasteiger partial charge is 0.550 e. The molecule has 2 heterocycles. The highest BCUT2D eigenvalue weighted by Gasteiger charge is 2.26. The Morgan fingerprint density at radius 3 is 2.42 bits per heavy atom. The van der Waals surface area contributed by atoms with Gasteiger partial charge in [-0.3, -0.25) is 4.79 Å². The number of methoxy groups -OCH3 is 2. The number of fused-ring (bicyclic) bond motifs is 2. The highest BCUT2D eigenvalue weighted by molar-refractivity contribution is 8.03. The van der Waals surface area contributed by atoms with Gasteiger partial charge in [0.15, 0.2) is 6.54 Å². The van der Waals surface area contributed by atoms with Gasteiger partial charge in [0.2, 0.25) is 5.52 Å². The van der Waals surface area contributed by atoms with E-state index in [4.69, 9.17) is 14.6 Å². The number of allylic oxidation sites excluding steroid dienone is 6. The van der Waals surface area contributed by atoms with Gasteiger partial charge in [-0.1, -0.05) is 47.7 Å². The van der Waals surface area contributed by atoms with Gasteiger partial charge in [0.25, 0.3) is 5.01 Å². The highest BCUT2D eigenvalue weighted by Crippen LogP contribution is 2.48. The number of rotatable bonds is 17. The van der Waals surface area contributed by atoms with Crippen LogP contribution in [0.15, 0.2) is 69.6 Å². The first-order valence-corrected chi connectivity index (χ1v) is 19.2. The second-order valence-electron chi connectivity index (χ2n) is 13.0. The molecular weight excluding hydrogens is 669 g/mol. The second kappa shape index (κ2) is 17.8. The fraction of sp³-hybridized carbons (Fsp3) is 0.425. The molecule has 0 spiro atoms. The number of anilines is 1. The van der Waals surface area contributed by atoms with Gasteiger partial charge in [0.1, 0.15) is 16.2 Å². The molecule has 0 unspecified atom stereocenters. The molecule has 0 amide bonds. The van der Waals surface area contributed by atoms with Crippen molar-refractivity contribution >= 4 is 57.0 Å². The van der Waals surface area contributed by atoms with Crippen LogP contribution in [0.4, 0.5) is 5.69 Å². The van der Waals surface area contributed by atoms with E-state index in [2.05, 4.69) is 78.0 Å². The number of ether oxygens (including phenoxy) is 2. The van der Waals surface area contributed by atoms with Crippen LogP contribution in [-0.2, 0) is 16.1 Å². The van der Waals surface area contributed by atoms with Crippen LogP contribution in [0.2, 0.25) is 0 Å². The lowest BCUT2D eigenvalue weighted by molar-refractivity contribution is -0.669. The number of aliphatic carboxylic acids is 2. The molecule has 8 nitrogen and oxygen atoms in total. The van der Waals surface area contributed by atoms with Gasteiger partial charge in [0.05, 0.1) is 24.9 Å². The van der Waals surface area contributed by atoms with Crippen molar-refractivity contribution in [2.75, 3.05) is 25.7 Å². The Labute approximate surface area is 303 Å². The fourth-order valence-electron chi connectivity index (χ4n) is 6.55.